The van der Waals surface area contributed by atoms with Crippen LogP contribution in [0.2, 0.25) is 0 Å². The molecule has 1 nitrogen and oxygen atoms in total. The molecule has 0 heterocycles. The van der Waals surface area contributed by atoms with Crippen molar-refractivity contribution in [1.29, 1.82) is 0 Å². The maximum Gasteiger partial charge on any atom is 0.125 e. The molecular formula is C9H12FN. The summed E-state index contributed by atoms with van der Waals surface area (Å²) in [5, 5.41) is 0. The maximum absolute atomic E-state index is 13.0. The Morgan fingerprint density at radius 1 is 1.36 bits per heavy atom. The lowest BCUT2D eigenvalue weighted by Gasteiger charge is -2.04. The van der Waals surface area contributed by atoms with Gasteiger partial charge in [0.2, 0.25) is 0 Å². The van der Waals surface area contributed by atoms with Gasteiger partial charge in [0, 0.05) is 5.69 Å². The Balaban J connectivity index is 2.81. The Kier molecular flexibility index (Phi) is 2.47. The predicted octanol–water partition coefficient (Wildman–Crippen LogP) is 2.69. The monoisotopic (exact) mass is 153 g/mol. The molecule has 1 unspecified atom stereocenters. The average molecular weight is 153 g/mol. The molecule has 1 rings (SSSR count). The molecule has 0 spiro atoms. The first kappa shape index (κ1) is 8.05. The van der Waals surface area contributed by atoms with E-state index in [2.05, 4.69) is 0 Å². The fourth-order valence-electron chi connectivity index (χ4n) is 0.941. The highest BCUT2D eigenvalue weighted by molar-refractivity contribution is 5.39. The molecule has 1 aromatic rings. The van der Waals surface area contributed by atoms with E-state index in [1.807, 2.05) is 6.92 Å². The van der Waals surface area contributed by atoms with Crippen LogP contribution in [0, 0.1) is 0 Å². The number of benzene rings is 1. The van der Waals surface area contributed by atoms with Gasteiger partial charge < -0.3 is 5.73 Å². The van der Waals surface area contributed by atoms with E-state index in [-0.39, 0.29) is 0 Å². The minimum Gasteiger partial charge on any atom is -0.399 e. The summed E-state index contributed by atoms with van der Waals surface area (Å²) < 4.78 is 13.0. The third kappa shape index (κ3) is 1.93. The van der Waals surface area contributed by atoms with Gasteiger partial charge in [-0.05, 0) is 24.1 Å². The van der Waals surface area contributed by atoms with E-state index < -0.39 is 6.17 Å². The minimum absolute atomic E-state index is 0.518. The van der Waals surface area contributed by atoms with Crippen LogP contribution in [0.15, 0.2) is 24.3 Å². The lowest BCUT2D eigenvalue weighted by molar-refractivity contribution is 0.334. The molecule has 0 amide bonds. The van der Waals surface area contributed by atoms with Gasteiger partial charge in [0.1, 0.15) is 6.17 Å². The highest BCUT2D eigenvalue weighted by Gasteiger charge is 2.04. The summed E-state index contributed by atoms with van der Waals surface area (Å²) in [5.41, 5.74) is 6.83. The standard InChI is InChI=1S/C9H12FN/c1-2-9(10)7-3-5-8(11)6-4-7/h3-6,9H,2,11H2,1H3. The van der Waals surface area contributed by atoms with Crippen molar-refractivity contribution in [1.82, 2.24) is 0 Å². The van der Waals surface area contributed by atoms with Crippen LogP contribution < -0.4 is 5.73 Å². The summed E-state index contributed by atoms with van der Waals surface area (Å²) >= 11 is 0. The Labute approximate surface area is 66.0 Å². The smallest absolute Gasteiger partial charge is 0.125 e. The molecule has 0 saturated carbocycles. The number of rotatable bonds is 2. The van der Waals surface area contributed by atoms with Gasteiger partial charge in [0.15, 0.2) is 0 Å². The average Bonchev–Trinajstić information content (AvgIpc) is 2.05. The van der Waals surface area contributed by atoms with E-state index in [0.717, 1.165) is 0 Å². The summed E-state index contributed by atoms with van der Waals surface area (Å²) in [6.07, 6.45) is -0.334. The molecule has 0 fully saturated rings. The van der Waals surface area contributed by atoms with Crippen molar-refractivity contribution >= 4 is 5.69 Å². The Bertz CT molecular complexity index is 218. The first-order valence-electron chi connectivity index (χ1n) is 3.73. The third-order valence-electron chi connectivity index (χ3n) is 1.66. The second-order valence-corrected chi connectivity index (χ2v) is 2.54. The molecule has 0 aliphatic heterocycles. The number of anilines is 1. The number of hydrogen-bond donors (Lipinski definition) is 1. The number of nitrogens with two attached hydrogens (primary N) is 1. The van der Waals surface area contributed by atoms with E-state index in [4.69, 9.17) is 5.73 Å². The van der Waals surface area contributed by atoms with Gasteiger partial charge in [-0.3, -0.25) is 0 Å². The fourth-order valence-corrected chi connectivity index (χ4v) is 0.941. The van der Waals surface area contributed by atoms with Gasteiger partial charge >= 0.3 is 0 Å². The van der Waals surface area contributed by atoms with Gasteiger partial charge in [-0.2, -0.15) is 0 Å². The summed E-state index contributed by atoms with van der Waals surface area (Å²) in [6, 6.07) is 6.89. The topological polar surface area (TPSA) is 26.0 Å². The van der Waals surface area contributed by atoms with Crippen LogP contribution in [0.1, 0.15) is 25.1 Å². The quantitative estimate of drug-likeness (QED) is 0.649. The highest BCUT2D eigenvalue weighted by Crippen LogP contribution is 2.20. The zero-order chi connectivity index (χ0) is 8.27. The van der Waals surface area contributed by atoms with Crippen LogP contribution >= 0.6 is 0 Å². The van der Waals surface area contributed by atoms with Gasteiger partial charge in [-0.1, -0.05) is 19.1 Å². The second-order valence-electron chi connectivity index (χ2n) is 2.54. The zero-order valence-corrected chi connectivity index (χ0v) is 6.55. The molecular weight excluding hydrogens is 141 g/mol. The lowest BCUT2D eigenvalue weighted by atomic mass is 10.1. The van der Waals surface area contributed by atoms with E-state index >= 15 is 0 Å². The molecule has 2 N–H and O–H groups in total. The van der Waals surface area contributed by atoms with Crippen molar-refractivity contribution in [3.8, 4) is 0 Å². The zero-order valence-electron chi connectivity index (χ0n) is 6.55. The molecule has 60 valence electrons. The predicted molar refractivity (Wildman–Crippen MR) is 45.0 cm³/mol. The fraction of sp³-hybridized carbons (Fsp3) is 0.333. The minimum atomic E-state index is -0.851. The van der Waals surface area contributed by atoms with Crippen LogP contribution in [-0.2, 0) is 0 Å². The molecule has 2 heteroatoms. The number of alkyl halides is 1. The first-order valence-corrected chi connectivity index (χ1v) is 3.73. The molecule has 0 aliphatic carbocycles. The molecule has 11 heavy (non-hydrogen) atoms. The van der Waals surface area contributed by atoms with Gasteiger partial charge in [0.25, 0.3) is 0 Å². The van der Waals surface area contributed by atoms with Crippen molar-refractivity contribution in [2.24, 2.45) is 0 Å². The van der Waals surface area contributed by atoms with E-state index in [0.29, 0.717) is 17.7 Å². The van der Waals surface area contributed by atoms with Crippen molar-refractivity contribution < 1.29 is 4.39 Å². The first-order chi connectivity index (χ1) is 5.24. The van der Waals surface area contributed by atoms with Crippen LogP contribution in [-0.4, -0.2) is 0 Å². The van der Waals surface area contributed by atoms with Gasteiger partial charge in [-0.15, -0.1) is 0 Å². The van der Waals surface area contributed by atoms with Crippen LogP contribution in [0.3, 0.4) is 0 Å². The van der Waals surface area contributed by atoms with Crippen LogP contribution in [0.4, 0.5) is 10.1 Å². The molecule has 0 saturated heterocycles. The normalized spacial score (nSPS) is 12.9. The van der Waals surface area contributed by atoms with E-state index in [1.165, 1.54) is 0 Å². The largest absolute Gasteiger partial charge is 0.399 e. The van der Waals surface area contributed by atoms with Crippen LogP contribution in [0.5, 0.6) is 0 Å². The number of hydrogen-bond acceptors (Lipinski definition) is 1. The Hall–Kier alpha value is -1.05. The second kappa shape index (κ2) is 3.37. The molecule has 0 aliphatic rings. The van der Waals surface area contributed by atoms with Gasteiger partial charge in [-0.25, -0.2) is 4.39 Å². The summed E-state index contributed by atoms with van der Waals surface area (Å²) in [7, 11) is 0. The van der Waals surface area contributed by atoms with E-state index in [1.54, 1.807) is 24.3 Å². The van der Waals surface area contributed by atoms with E-state index in [9.17, 15) is 4.39 Å². The van der Waals surface area contributed by atoms with Crippen molar-refractivity contribution in [3.05, 3.63) is 29.8 Å². The Morgan fingerprint density at radius 2 is 1.91 bits per heavy atom. The number of halogens is 1. The molecule has 0 radical (unpaired) electrons. The van der Waals surface area contributed by atoms with Crippen molar-refractivity contribution in [2.75, 3.05) is 5.73 Å². The van der Waals surface area contributed by atoms with Gasteiger partial charge in [0.05, 0.1) is 0 Å². The lowest BCUT2D eigenvalue weighted by Crippen LogP contribution is -1.90. The van der Waals surface area contributed by atoms with Crippen LogP contribution in [0.25, 0.3) is 0 Å². The Morgan fingerprint density at radius 3 is 2.36 bits per heavy atom. The molecule has 1 aromatic carbocycles. The molecule has 1 atom stereocenters. The maximum atomic E-state index is 13.0. The number of nitrogen functional groups attached to an aromatic ring is 1. The van der Waals surface area contributed by atoms with Crippen molar-refractivity contribution in [2.45, 2.75) is 19.5 Å². The summed E-state index contributed by atoms with van der Waals surface area (Å²) in [4.78, 5) is 0. The van der Waals surface area contributed by atoms with Crippen molar-refractivity contribution in [3.63, 3.8) is 0 Å². The summed E-state index contributed by atoms with van der Waals surface area (Å²) in [5.74, 6) is 0. The molecule has 0 bridgehead atoms. The molecule has 0 aromatic heterocycles. The summed E-state index contributed by atoms with van der Waals surface area (Å²) in [6.45, 7) is 1.82. The third-order valence-corrected chi connectivity index (χ3v) is 1.66. The highest BCUT2D eigenvalue weighted by atomic mass is 19.1. The SMILES string of the molecule is CCC(F)c1ccc(N)cc1.